The van der Waals surface area contributed by atoms with Gasteiger partial charge in [-0.1, -0.05) is 63.1 Å². The van der Waals surface area contributed by atoms with Crippen molar-refractivity contribution in [3.05, 3.63) is 36.5 Å². The third-order valence-corrected chi connectivity index (χ3v) is 10.2. The van der Waals surface area contributed by atoms with Crippen LogP contribution < -0.4 is 0 Å². The zero-order chi connectivity index (χ0) is 17.6. The first-order valence-corrected chi connectivity index (χ1v) is 10.9. The second kappa shape index (κ2) is 4.93. The van der Waals surface area contributed by atoms with Crippen LogP contribution in [0.4, 0.5) is 0 Å². The lowest BCUT2D eigenvalue weighted by Gasteiger charge is -2.66. The highest BCUT2D eigenvalue weighted by Gasteiger charge is 2.67. The van der Waals surface area contributed by atoms with Crippen molar-refractivity contribution in [3.8, 4) is 0 Å². The predicted octanol–water partition coefficient (Wildman–Crippen LogP) is 7.09. The minimum absolute atomic E-state index is 0.401. The molecule has 5 aliphatic rings. The van der Waals surface area contributed by atoms with Gasteiger partial charge in [0.2, 0.25) is 0 Å². The molecule has 0 aromatic rings. The van der Waals surface area contributed by atoms with Gasteiger partial charge in [-0.05, 0) is 91.3 Å². The van der Waals surface area contributed by atoms with Gasteiger partial charge in [-0.15, -0.1) is 0 Å². The molecule has 0 amide bonds. The van der Waals surface area contributed by atoms with E-state index in [2.05, 4.69) is 27.0 Å². The molecule has 0 spiro atoms. The maximum atomic E-state index is 4.76. The fourth-order valence-electron chi connectivity index (χ4n) is 8.65. The van der Waals surface area contributed by atoms with Gasteiger partial charge in [0.15, 0.2) is 0 Å². The minimum atomic E-state index is 0.401. The van der Waals surface area contributed by atoms with Crippen molar-refractivity contribution in [1.29, 1.82) is 0 Å². The van der Waals surface area contributed by atoms with E-state index in [4.69, 9.17) is 6.58 Å². The molecule has 7 atom stereocenters. The Morgan fingerprint density at radius 3 is 2.32 bits per heavy atom. The predicted molar refractivity (Wildman–Crippen MR) is 106 cm³/mol. The van der Waals surface area contributed by atoms with E-state index in [1.165, 1.54) is 64.2 Å². The van der Waals surface area contributed by atoms with Gasteiger partial charge < -0.3 is 0 Å². The average molecular weight is 337 g/mol. The third-order valence-electron chi connectivity index (χ3n) is 10.2. The van der Waals surface area contributed by atoms with Crippen LogP contribution in [-0.4, -0.2) is 0 Å². The molecule has 0 aromatic heterocycles. The van der Waals surface area contributed by atoms with Crippen LogP contribution in [0.1, 0.15) is 78.1 Å². The van der Waals surface area contributed by atoms with Crippen LogP contribution in [0.3, 0.4) is 0 Å². The van der Waals surface area contributed by atoms with Gasteiger partial charge in [0.25, 0.3) is 0 Å². The SMILES string of the molecule is C=C1CC2(C3CC3=C)CCCCC2(C)C2CCC3(C)C(=C)CCC3C12. The maximum absolute atomic E-state index is 4.76. The fourth-order valence-corrected chi connectivity index (χ4v) is 8.65. The molecule has 5 fully saturated rings. The third kappa shape index (κ3) is 1.85. The molecule has 7 unspecified atom stereocenters. The lowest BCUT2D eigenvalue weighted by molar-refractivity contribution is -0.136. The standard InChI is InChI=1S/C25H36/c1-16-14-21(16)25-12-7-6-11-24(25,5)20-10-13-23(4)18(3)8-9-19(23)22(20)17(2)15-25/h19-22H,1-3,6-15H2,4-5H3. The molecule has 136 valence electrons. The Labute approximate surface area is 154 Å². The van der Waals surface area contributed by atoms with Gasteiger partial charge in [-0.2, -0.15) is 0 Å². The highest BCUT2D eigenvalue weighted by molar-refractivity contribution is 5.34. The molecular weight excluding hydrogens is 300 g/mol. The zero-order valence-electron chi connectivity index (χ0n) is 16.5. The average Bonchev–Trinajstić information content (AvgIpc) is 3.23. The summed E-state index contributed by atoms with van der Waals surface area (Å²) in [5.41, 5.74) is 6.14. The van der Waals surface area contributed by atoms with Crippen LogP contribution in [0, 0.1) is 39.9 Å². The second-order valence-corrected chi connectivity index (χ2v) is 10.9. The molecule has 5 saturated carbocycles. The number of hydrogen-bond acceptors (Lipinski definition) is 0. The first kappa shape index (κ1) is 16.4. The summed E-state index contributed by atoms with van der Waals surface area (Å²) in [5.74, 6) is 3.26. The molecular formula is C25H36. The van der Waals surface area contributed by atoms with E-state index in [9.17, 15) is 0 Å². The van der Waals surface area contributed by atoms with Crippen LogP contribution in [-0.2, 0) is 0 Å². The number of fused-ring (bicyclic) bond motifs is 5. The summed E-state index contributed by atoms with van der Waals surface area (Å²) in [4.78, 5) is 0. The van der Waals surface area contributed by atoms with E-state index in [0.717, 1.165) is 23.7 Å². The lowest BCUT2D eigenvalue weighted by Crippen LogP contribution is -2.58. The van der Waals surface area contributed by atoms with Crippen LogP contribution in [0.5, 0.6) is 0 Å². The number of rotatable bonds is 1. The van der Waals surface area contributed by atoms with Gasteiger partial charge in [0.1, 0.15) is 0 Å². The van der Waals surface area contributed by atoms with Gasteiger partial charge in [0.05, 0.1) is 0 Å². The van der Waals surface area contributed by atoms with Crippen molar-refractivity contribution in [2.45, 2.75) is 78.1 Å². The molecule has 5 rings (SSSR count). The summed E-state index contributed by atoms with van der Waals surface area (Å²) in [6.45, 7) is 18.9. The maximum Gasteiger partial charge on any atom is -0.00848 e. The van der Waals surface area contributed by atoms with Crippen LogP contribution in [0.2, 0.25) is 0 Å². The van der Waals surface area contributed by atoms with Crippen molar-refractivity contribution in [3.63, 3.8) is 0 Å². The van der Waals surface area contributed by atoms with E-state index in [1.807, 2.05) is 0 Å². The summed E-state index contributed by atoms with van der Waals surface area (Å²) in [6.07, 6.45) is 13.8. The molecule has 0 heterocycles. The van der Waals surface area contributed by atoms with Gasteiger partial charge in [-0.25, -0.2) is 0 Å². The van der Waals surface area contributed by atoms with Crippen molar-refractivity contribution in [2.75, 3.05) is 0 Å². The Morgan fingerprint density at radius 2 is 1.60 bits per heavy atom. The molecule has 0 heteroatoms. The Morgan fingerprint density at radius 1 is 0.880 bits per heavy atom. The minimum Gasteiger partial charge on any atom is -0.0995 e. The highest BCUT2D eigenvalue weighted by Crippen LogP contribution is 2.76. The molecule has 0 aromatic carbocycles. The van der Waals surface area contributed by atoms with E-state index >= 15 is 0 Å². The van der Waals surface area contributed by atoms with E-state index in [-0.39, 0.29) is 0 Å². The lowest BCUT2D eigenvalue weighted by atomic mass is 9.38. The summed E-state index contributed by atoms with van der Waals surface area (Å²) in [6, 6.07) is 0. The molecule has 5 aliphatic carbocycles. The first-order valence-electron chi connectivity index (χ1n) is 10.9. The monoisotopic (exact) mass is 336 g/mol. The molecule has 0 saturated heterocycles. The molecule has 0 N–H and O–H groups in total. The normalized spacial score (nSPS) is 54.7. The first-order chi connectivity index (χ1) is 11.8. The van der Waals surface area contributed by atoms with E-state index in [0.29, 0.717) is 16.2 Å². The quantitative estimate of drug-likeness (QED) is 0.448. The second-order valence-electron chi connectivity index (χ2n) is 10.9. The van der Waals surface area contributed by atoms with Crippen LogP contribution in [0.15, 0.2) is 36.5 Å². The molecule has 0 aliphatic heterocycles. The molecule has 0 radical (unpaired) electrons. The molecule has 25 heavy (non-hydrogen) atoms. The van der Waals surface area contributed by atoms with Gasteiger partial charge in [-0.3, -0.25) is 0 Å². The number of allylic oxidation sites excluding steroid dienone is 3. The zero-order valence-corrected chi connectivity index (χ0v) is 16.5. The molecule has 0 bridgehead atoms. The summed E-state index contributed by atoms with van der Waals surface area (Å²) in [5, 5.41) is 0. The van der Waals surface area contributed by atoms with Crippen molar-refractivity contribution in [2.24, 2.45) is 39.9 Å². The van der Waals surface area contributed by atoms with E-state index < -0.39 is 0 Å². The fraction of sp³-hybridized carbons (Fsp3) is 0.760. The molecule has 0 nitrogen and oxygen atoms in total. The highest BCUT2D eigenvalue weighted by atomic mass is 14.7. The van der Waals surface area contributed by atoms with Crippen molar-refractivity contribution >= 4 is 0 Å². The van der Waals surface area contributed by atoms with Crippen LogP contribution in [0.25, 0.3) is 0 Å². The van der Waals surface area contributed by atoms with Gasteiger partial charge in [0, 0.05) is 0 Å². The van der Waals surface area contributed by atoms with Crippen molar-refractivity contribution in [1.82, 2.24) is 0 Å². The topological polar surface area (TPSA) is 0 Å². The smallest absolute Gasteiger partial charge is 0.00848 e. The summed E-state index contributed by atoms with van der Waals surface area (Å²) >= 11 is 0. The van der Waals surface area contributed by atoms with Crippen LogP contribution >= 0.6 is 0 Å². The van der Waals surface area contributed by atoms with Gasteiger partial charge >= 0.3 is 0 Å². The summed E-state index contributed by atoms with van der Waals surface area (Å²) < 4.78 is 0. The van der Waals surface area contributed by atoms with Crippen molar-refractivity contribution < 1.29 is 0 Å². The Kier molecular flexibility index (Phi) is 3.23. The van der Waals surface area contributed by atoms with E-state index in [1.54, 1.807) is 16.7 Å². The number of hydrogen-bond donors (Lipinski definition) is 0. The largest absolute Gasteiger partial charge is 0.0995 e. The Hall–Kier alpha value is -0.780. The summed E-state index contributed by atoms with van der Waals surface area (Å²) in [7, 11) is 0. The Bertz CT molecular complexity index is 668. The Balaban J connectivity index is 1.59.